The summed E-state index contributed by atoms with van der Waals surface area (Å²) in [5.41, 5.74) is 3.38. The molecule has 0 bridgehead atoms. The van der Waals surface area contributed by atoms with Gasteiger partial charge in [-0.25, -0.2) is 0 Å². The molecule has 1 aromatic heterocycles. The third kappa shape index (κ3) is 5.84. The maximum atomic E-state index is 12.1. The van der Waals surface area contributed by atoms with Gasteiger partial charge in [-0.2, -0.15) is 0 Å². The van der Waals surface area contributed by atoms with E-state index in [-0.39, 0.29) is 17.8 Å². The van der Waals surface area contributed by atoms with Crippen LogP contribution in [0.3, 0.4) is 0 Å². The van der Waals surface area contributed by atoms with Crippen molar-refractivity contribution in [2.45, 2.75) is 38.6 Å². The molecule has 1 unspecified atom stereocenters. The fourth-order valence-corrected chi connectivity index (χ4v) is 3.79. The molecule has 3 aromatic rings. The predicted molar refractivity (Wildman–Crippen MR) is 115 cm³/mol. The fourth-order valence-electron chi connectivity index (χ4n) is 3.04. The smallest absolute Gasteiger partial charge is 0.230 e. The average Bonchev–Trinajstić information content (AvgIpc) is 3.05. The lowest BCUT2D eigenvalue weighted by Gasteiger charge is -2.15. The monoisotopic (exact) mass is 410 g/mol. The number of aromatic nitrogens is 3. The van der Waals surface area contributed by atoms with E-state index in [9.17, 15) is 4.79 Å². The van der Waals surface area contributed by atoms with Crippen LogP contribution in [0.4, 0.5) is 0 Å². The van der Waals surface area contributed by atoms with Gasteiger partial charge in [0, 0.05) is 13.6 Å². The second-order valence-corrected chi connectivity index (χ2v) is 7.98. The van der Waals surface area contributed by atoms with Gasteiger partial charge in [0.05, 0.1) is 5.75 Å². The number of aryl methyl sites for hydroxylation is 2. The number of nitrogens with zero attached hydrogens (tertiary/aromatic N) is 3. The molecule has 29 heavy (non-hydrogen) atoms. The number of benzene rings is 2. The lowest BCUT2D eigenvalue weighted by molar-refractivity contribution is -0.118. The summed E-state index contributed by atoms with van der Waals surface area (Å²) in [4.78, 5) is 12.1. The minimum atomic E-state index is -0.255. The number of hydrogen-bond donors (Lipinski definition) is 1. The minimum absolute atomic E-state index is 0.0389. The molecule has 0 saturated heterocycles. The normalized spacial score (nSPS) is 11.9. The van der Waals surface area contributed by atoms with E-state index >= 15 is 0 Å². The van der Waals surface area contributed by atoms with Crippen molar-refractivity contribution in [3.05, 3.63) is 71.0 Å². The van der Waals surface area contributed by atoms with Crippen molar-refractivity contribution in [1.82, 2.24) is 20.1 Å². The van der Waals surface area contributed by atoms with Crippen LogP contribution in [-0.2, 0) is 18.4 Å². The lowest BCUT2D eigenvalue weighted by atomic mass is 10.1. The zero-order chi connectivity index (χ0) is 20.8. The van der Waals surface area contributed by atoms with Gasteiger partial charge >= 0.3 is 0 Å². The van der Waals surface area contributed by atoms with Crippen molar-refractivity contribution in [2.75, 3.05) is 5.75 Å². The molecule has 0 radical (unpaired) electrons. The maximum Gasteiger partial charge on any atom is 0.230 e. The Morgan fingerprint density at radius 3 is 2.52 bits per heavy atom. The second kappa shape index (κ2) is 9.60. The van der Waals surface area contributed by atoms with E-state index < -0.39 is 0 Å². The number of carbonyl (C=O) groups excluding carboxylic acids is 1. The number of hydrogen-bond acceptors (Lipinski definition) is 5. The Labute approximate surface area is 175 Å². The van der Waals surface area contributed by atoms with Gasteiger partial charge in [0.15, 0.2) is 17.1 Å². The zero-order valence-corrected chi connectivity index (χ0v) is 18.0. The van der Waals surface area contributed by atoms with Gasteiger partial charge in [0.1, 0.15) is 5.75 Å². The van der Waals surface area contributed by atoms with Crippen LogP contribution in [0.15, 0.2) is 53.7 Å². The number of ether oxygens (including phenoxy) is 1. The van der Waals surface area contributed by atoms with Crippen molar-refractivity contribution < 1.29 is 9.53 Å². The summed E-state index contributed by atoms with van der Waals surface area (Å²) >= 11 is 1.36. The Kier molecular flexibility index (Phi) is 6.93. The van der Waals surface area contributed by atoms with Crippen LogP contribution < -0.4 is 10.1 Å². The van der Waals surface area contributed by atoms with Gasteiger partial charge in [0.25, 0.3) is 0 Å². The molecule has 1 amide bonds. The summed E-state index contributed by atoms with van der Waals surface area (Å²) in [6, 6.07) is 16.0. The summed E-state index contributed by atoms with van der Waals surface area (Å²) in [6.07, 6.45) is -0.255. The fraction of sp³-hybridized carbons (Fsp3) is 0.318. The number of amides is 1. The molecule has 1 heterocycles. The first-order valence-electron chi connectivity index (χ1n) is 9.50. The molecular weight excluding hydrogens is 384 g/mol. The van der Waals surface area contributed by atoms with Crippen LogP contribution in [0.2, 0.25) is 0 Å². The molecule has 3 rings (SSSR count). The molecule has 1 N–H and O–H groups in total. The Hall–Kier alpha value is -2.80. The summed E-state index contributed by atoms with van der Waals surface area (Å²) in [5.74, 6) is 1.78. The van der Waals surface area contributed by atoms with Crippen molar-refractivity contribution >= 4 is 17.7 Å². The van der Waals surface area contributed by atoms with E-state index in [1.165, 1.54) is 11.8 Å². The SMILES string of the molecule is Cc1cc(C)cc(OC(C)c2nnc(SCC(=O)NCc3ccccc3)n2C)c1. The molecule has 0 saturated carbocycles. The van der Waals surface area contributed by atoms with Crippen molar-refractivity contribution in [3.8, 4) is 5.75 Å². The molecule has 0 aliphatic rings. The van der Waals surface area contributed by atoms with Gasteiger partial charge in [-0.3, -0.25) is 4.79 Å². The molecule has 7 heteroatoms. The van der Waals surface area contributed by atoms with Crippen LogP contribution in [0.5, 0.6) is 5.75 Å². The highest BCUT2D eigenvalue weighted by Gasteiger charge is 2.18. The Bertz CT molecular complexity index is 952. The highest BCUT2D eigenvalue weighted by Crippen LogP contribution is 2.25. The van der Waals surface area contributed by atoms with Crippen molar-refractivity contribution in [2.24, 2.45) is 7.05 Å². The van der Waals surface area contributed by atoms with Gasteiger partial charge in [-0.05, 0) is 49.6 Å². The first-order chi connectivity index (χ1) is 13.9. The standard InChI is InChI=1S/C22H26N4O2S/c1-15-10-16(2)12-19(11-15)28-17(3)21-24-25-22(26(21)4)29-14-20(27)23-13-18-8-6-5-7-9-18/h5-12,17H,13-14H2,1-4H3,(H,23,27). The third-order valence-corrected chi connectivity index (χ3v) is 5.43. The topological polar surface area (TPSA) is 69.0 Å². The van der Waals surface area contributed by atoms with Gasteiger partial charge < -0.3 is 14.6 Å². The Morgan fingerprint density at radius 1 is 1.14 bits per heavy atom. The number of rotatable bonds is 8. The first-order valence-corrected chi connectivity index (χ1v) is 10.5. The van der Waals surface area contributed by atoms with Crippen LogP contribution in [0, 0.1) is 13.8 Å². The summed E-state index contributed by atoms with van der Waals surface area (Å²) in [6.45, 7) is 6.56. The van der Waals surface area contributed by atoms with E-state index in [1.54, 1.807) is 0 Å². The van der Waals surface area contributed by atoms with Crippen LogP contribution in [0.1, 0.15) is 35.5 Å². The molecule has 152 valence electrons. The highest BCUT2D eigenvalue weighted by molar-refractivity contribution is 7.99. The average molecular weight is 411 g/mol. The number of thioether (sulfide) groups is 1. The Balaban J connectivity index is 1.55. The largest absolute Gasteiger partial charge is 0.483 e. The van der Waals surface area contributed by atoms with Crippen molar-refractivity contribution in [1.29, 1.82) is 0 Å². The molecule has 6 nitrogen and oxygen atoms in total. The summed E-state index contributed by atoms with van der Waals surface area (Å²) in [5, 5.41) is 12.1. The maximum absolute atomic E-state index is 12.1. The van der Waals surface area contributed by atoms with Crippen LogP contribution in [0.25, 0.3) is 0 Å². The van der Waals surface area contributed by atoms with E-state index in [4.69, 9.17) is 4.74 Å². The number of nitrogens with one attached hydrogen (secondary N) is 1. The lowest BCUT2D eigenvalue weighted by Crippen LogP contribution is -2.24. The molecular formula is C22H26N4O2S. The molecule has 0 spiro atoms. The molecule has 2 aromatic carbocycles. The molecule has 0 fully saturated rings. The molecule has 0 aliphatic heterocycles. The van der Waals surface area contributed by atoms with E-state index in [2.05, 4.69) is 21.6 Å². The van der Waals surface area contributed by atoms with Gasteiger partial charge in [-0.15, -0.1) is 10.2 Å². The van der Waals surface area contributed by atoms with Crippen LogP contribution >= 0.6 is 11.8 Å². The minimum Gasteiger partial charge on any atom is -0.483 e. The zero-order valence-electron chi connectivity index (χ0n) is 17.2. The van der Waals surface area contributed by atoms with E-state index in [0.717, 1.165) is 28.3 Å². The van der Waals surface area contributed by atoms with Crippen LogP contribution in [-0.4, -0.2) is 26.4 Å². The molecule has 0 aliphatic carbocycles. The summed E-state index contributed by atoms with van der Waals surface area (Å²) < 4.78 is 7.93. The third-order valence-electron chi connectivity index (χ3n) is 4.41. The number of carbonyl (C=O) groups is 1. The van der Waals surface area contributed by atoms with Gasteiger partial charge in [-0.1, -0.05) is 48.2 Å². The van der Waals surface area contributed by atoms with E-state index in [1.807, 2.05) is 74.9 Å². The quantitative estimate of drug-likeness (QED) is 0.569. The first kappa shape index (κ1) is 20.9. The second-order valence-electron chi connectivity index (χ2n) is 7.03. The van der Waals surface area contributed by atoms with E-state index in [0.29, 0.717) is 11.7 Å². The molecule has 1 atom stereocenters. The Morgan fingerprint density at radius 2 is 1.83 bits per heavy atom. The van der Waals surface area contributed by atoms with Gasteiger partial charge in [0.2, 0.25) is 5.91 Å². The predicted octanol–water partition coefficient (Wildman–Crippen LogP) is 3.98. The van der Waals surface area contributed by atoms with Crippen molar-refractivity contribution in [3.63, 3.8) is 0 Å². The summed E-state index contributed by atoms with van der Waals surface area (Å²) in [7, 11) is 1.89. The highest BCUT2D eigenvalue weighted by atomic mass is 32.2.